The minimum absolute atomic E-state index is 0.00928. The van der Waals surface area contributed by atoms with Gasteiger partial charge in [0.2, 0.25) is 5.91 Å². The molecule has 4 fully saturated rings. The monoisotopic (exact) mass is 532 g/mol. The Hall–Kier alpha value is -2.36. The van der Waals surface area contributed by atoms with Crippen LogP contribution in [0.25, 0.3) is 0 Å². The van der Waals surface area contributed by atoms with E-state index in [0.29, 0.717) is 32.6 Å². The summed E-state index contributed by atoms with van der Waals surface area (Å²) in [5.41, 5.74) is 5.62. The number of nitrogens with two attached hydrogens (primary N) is 1. The summed E-state index contributed by atoms with van der Waals surface area (Å²) in [7, 11) is 0. The van der Waals surface area contributed by atoms with Gasteiger partial charge in [-0.1, -0.05) is 57.8 Å². The minimum atomic E-state index is -1.12. The van der Waals surface area contributed by atoms with Gasteiger partial charge in [0.1, 0.15) is 0 Å². The molecule has 0 aromatic carbocycles. The first-order valence-electron chi connectivity index (χ1n) is 15.0. The molecule has 10 heteroatoms. The summed E-state index contributed by atoms with van der Waals surface area (Å²) in [5, 5.41) is 17.5. The number of likely N-dealkylation sites (tertiary alicyclic amines) is 2. The highest BCUT2D eigenvalue weighted by Crippen LogP contribution is 2.36. The van der Waals surface area contributed by atoms with Gasteiger partial charge in [-0.05, 0) is 44.1 Å². The molecule has 0 aromatic rings. The van der Waals surface area contributed by atoms with E-state index in [1.165, 1.54) is 64.2 Å². The minimum Gasteiger partial charge on any atom is -0.480 e. The molecule has 3 amide bonds. The SMILES string of the molecule is N=C(N)N1CCCC(C[C@H]2C(=O)N(C(=O)N3CCN(CCCCCCC4CCCCC4)CC3)C2C(=O)O)C1. The zero-order valence-electron chi connectivity index (χ0n) is 23.0. The average Bonchev–Trinajstić information content (AvgIpc) is 2.92. The van der Waals surface area contributed by atoms with Crippen LogP contribution in [0.15, 0.2) is 0 Å². The van der Waals surface area contributed by atoms with Gasteiger partial charge in [-0.3, -0.25) is 15.1 Å². The van der Waals surface area contributed by atoms with Crippen LogP contribution in [0.1, 0.15) is 83.5 Å². The molecule has 3 atom stereocenters. The fraction of sp³-hybridized carbons (Fsp3) is 0.857. The molecule has 4 aliphatic rings. The van der Waals surface area contributed by atoms with Gasteiger partial charge in [0.05, 0.1) is 5.92 Å². The zero-order chi connectivity index (χ0) is 27.1. The summed E-state index contributed by atoms with van der Waals surface area (Å²) in [5.74, 6) is -1.12. The van der Waals surface area contributed by atoms with Gasteiger partial charge in [0, 0.05) is 39.3 Å². The van der Waals surface area contributed by atoms with E-state index in [9.17, 15) is 19.5 Å². The standard InChI is InChI=1S/C28H48N6O4/c29-27(30)33-14-8-12-22(20-33)19-23-24(26(36)37)34(25(23)35)28(38)32-17-15-31(16-18-32)13-7-2-1-4-9-21-10-5-3-6-11-21/h21-24H,1-20H2,(H3,29,30)(H,36,37)/t22?,23-,24?/m1/s1. The summed E-state index contributed by atoms with van der Waals surface area (Å²) < 4.78 is 0. The first kappa shape index (κ1) is 28.6. The number of piperazine rings is 1. The van der Waals surface area contributed by atoms with Crippen LogP contribution < -0.4 is 5.73 Å². The summed E-state index contributed by atoms with van der Waals surface area (Å²) >= 11 is 0. The molecule has 1 aliphatic carbocycles. The van der Waals surface area contributed by atoms with Gasteiger partial charge in [-0.25, -0.2) is 14.5 Å². The van der Waals surface area contributed by atoms with Crippen molar-refractivity contribution in [2.45, 2.75) is 89.5 Å². The quantitative estimate of drug-likeness (QED) is 0.170. The molecule has 2 unspecified atom stereocenters. The van der Waals surface area contributed by atoms with E-state index in [1.54, 1.807) is 9.80 Å². The molecule has 38 heavy (non-hydrogen) atoms. The van der Waals surface area contributed by atoms with Crippen molar-refractivity contribution < 1.29 is 19.5 Å². The molecular weight excluding hydrogens is 484 g/mol. The Kier molecular flexibility index (Phi) is 10.3. The van der Waals surface area contributed by atoms with E-state index in [-0.39, 0.29) is 17.8 Å². The predicted octanol–water partition coefficient (Wildman–Crippen LogP) is 3.16. The van der Waals surface area contributed by atoms with Crippen molar-refractivity contribution in [2.75, 3.05) is 45.8 Å². The average molecular weight is 533 g/mol. The maximum absolute atomic E-state index is 13.2. The van der Waals surface area contributed by atoms with Gasteiger partial charge in [-0.15, -0.1) is 0 Å². The van der Waals surface area contributed by atoms with Gasteiger partial charge in [0.25, 0.3) is 0 Å². The van der Waals surface area contributed by atoms with Gasteiger partial charge < -0.3 is 20.6 Å². The smallest absolute Gasteiger partial charge is 0.327 e. The van der Waals surface area contributed by atoms with Crippen LogP contribution in [0.5, 0.6) is 0 Å². The Labute approximate surface area is 227 Å². The lowest BCUT2D eigenvalue weighted by Gasteiger charge is -2.47. The van der Waals surface area contributed by atoms with Crippen LogP contribution in [-0.4, -0.2) is 100 Å². The third-order valence-electron chi connectivity index (χ3n) is 9.32. The molecule has 0 radical (unpaired) electrons. The number of unbranched alkanes of at least 4 members (excludes halogenated alkanes) is 3. The molecule has 4 rings (SSSR count). The first-order chi connectivity index (χ1) is 18.3. The highest BCUT2D eigenvalue weighted by atomic mass is 16.4. The number of carbonyl (C=O) groups is 3. The van der Waals surface area contributed by atoms with Gasteiger partial charge in [-0.2, -0.15) is 0 Å². The first-order valence-corrected chi connectivity index (χ1v) is 15.0. The molecule has 1 saturated carbocycles. The van der Waals surface area contributed by atoms with E-state index in [2.05, 4.69) is 4.90 Å². The highest BCUT2D eigenvalue weighted by molar-refractivity contribution is 6.07. The normalized spacial score (nSPS) is 27.3. The predicted molar refractivity (Wildman–Crippen MR) is 146 cm³/mol. The number of guanidine groups is 1. The number of hydrogen-bond acceptors (Lipinski definition) is 5. The molecule has 0 aromatic heterocycles. The third kappa shape index (κ3) is 7.18. The van der Waals surface area contributed by atoms with Crippen molar-refractivity contribution in [2.24, 2.45) is 23.5 Å². The van der Waals surface area contributed by atoms with Crippen LogP contribution in [0, 0.1) is 23.2 Å². The summed E-state index contributed by atoms with van der Waals surface area (Å²) in [4.78, 5) is 44.9. The fourth-order valence-electron chi connectivity index (χ4n) is 7.02. The highest BCUT2D eigenvalue weighted by Gasteiger charge is 2.56. The second-order valence-electron chi connectivity index (χ2n) is 12.0. The summed E-state index contributed by atoms with van der Waals surface area (Å²) in [6, 6.07) is -1.57. The number of carboxylic acids is 1. The fourth-order valence-corrected chi connectivity index (χ4v) is 7.02. The number of urea groups is 1. The van der Waals surface area contributed by atoms with Crippen molar-refractivity contribution >= 4 is 23.9 Å². The number of aliphatic carboxylic acids is 1. The van der Waals surface area contributed by atoms with Crippen LogP contribution in [0.2, 0.25) is 0 Å². The molecule has 0 bridgehead atoms. The molecule has 3 heterocycles. The number of carboxylic acid groups (broad SMARTS) is 1. The molecule has 0 spiro atoms. The van der Waals surface area contributed by atoms with Crippen molar-refractivity contribution in [3.63, 3.8) is 0 Å². The largest absolute Gasteiger partial charge is 0.480 e. The van der Waals surface area contributed by atoms with E-state index < -0.39 is 24.0 Å². The van der Waals surface area contributed by atoms with E-state index in [4.69, 9.17) is 11.1 Å². The number of rotatable bonds is 10. The van der Waals surface area contributed by atoms with Crippen LogP contribution in [-0.2, 0) is 9.59 Å². The van der Waals surface area contributed by atoms with E-state index in [1.807, 2.05) is 0 Å². The lowest BCUT2D eigenvalue weighted by Crippen LogP contribution is -2.69. The van der Waals surface area contributed by atoms with Crippen LogP contribution in [0.4, 0.5) is 4.79 Å². The van der Waals surface area contributed by atoms with Crippen molar-refractivity contribution in [1.82, 2.24) is 19.6 Å². The van der Waals surface area contributed by atoms with Crippen LogP contribution >= 0.6 is 0 Å². The van der Waals surface area contributed by atoms with Gasteiger partial charge in [0.15, 0.2) is 12.0 Å². The topological polar surface area (TPSA) is 134 Å². The van der Waals surface area contributed by atoms with Crippen molar-refractivity contribution in [3.8, 4) is 0 Å². The van der Waals surface area contributed by atoms with Crippen LogP contribution in [0.3, 0.4) is 0 Å². The number of nitrogens with zero attached hydrogens (tertiary/aromatic N) is 4. The Morgan fingerprint density at radius 3 is 2.24 bits per heavy atom. The number of nitrogens with one attached hydrogen (secondary N) is 1. The van der Waals surface area contributed by atoms with Gasteiger partial charge >= 0.3 is 12.0 Å². The van der Waals surface area contributed by atoms with E-state index >= 15 is 0 Å². The molecule has 10 nitrogen and oxygen atoms in total. The number of amides is 3. The Balaban J connectivity index is 1.15. The van der Waals surface area contributed by atoms with Crippen molar-refractivity contribution in [3.05, 3.63) is 0 Å². The van der Waals surface area contributed by atoms with Crippen molar-refractivity contribution in [1.29, 1.82) is 5.41 Å². The number of piperidine rings is 1. The molecule has 3 aliphatic heterocycles. The lowest BCUT2D eigenvalue weighted by molar-refractivity contribution is -0.167. The maximum Gasteiger partial charge on any atom is 0.327 e. The Bertz CT molecular complexity index is 839. The number of carbonyl (C=O) groups excluding carboxylic acids is 2. The third-order valence-corrected chi connectivity index (χ3v) is 9.32. The Morgan fingerprint density at radius 1 is 0.868 bits per heavy atom. The molecule has 3 saturated heterocycles. The number of β-lactam (4-membered cyclic amide) rings is 1. The maximum atomic E-state index is 13.2. The molecule has 214 valence electrons. The summed E-state index contributed by atoms with van der Waals surface area (Å²) in [6.45, 7) is 4.88. The zero-order valence-corrected chi connectivity index (χ0v) is 23.0. The molecule has 4 N–H and O–H groups in total. The summed E-state index contributed by atoms with van der Waals surface area (Å²) in [6.07, 6.45) is 15.7. The van der Waals surface area contributed by atoms with E-state index in [0.717, 1.165) is 43.3 Å². The molecular formula is C28H48N6O4. The number of hydrogen-bond donors (Lipinski definition) is 3. The number of imide groups is 1. The lowest BCUT2D eigenvalue weighted by atomic mass is 9.78. The second kappa shape index (κ2) is 13.6. The Morgan fingerprint density at radius 2 is 1.55 bits per heavy atom. The second-order valence-corrected chi connectivity index (χ2v) is 12.0.